The number of anilines is 1. The number of carbonyl (C=O) groups excluding carboxylic acids is 1. The highest BCUT2D eigenvalue weighted by Gasteiger charge is 2.11. The second kappa shape index (κ2) is 4.64. The van der Waals surface area contributed by atoms with Crippen LogP contribution in [0.1, 0.15) is 22.8 Å². The minimum absolute atomic E-state index is 0.0432. The van der Waals surface area contributed by atoms with Gasteiger partial charge < -0.3 is 11.1 Å². The molecule has 0 aliphatic rings. The number of amides is 1. The molecule has 3 heteroatoms. The molecule has 1 unspecified atom stereocenters. The Morgan fingerprint density at radius 1 is 1.60 bits per heavy atom. The Balaban J connectivity index is 2.91. The SMILES string of the molecule is C=CC(C)NC(=O)c1cccc(N)c1C. The summed E-state index contributed by atoms with van der Waals surface area (Å²) in [5, 5.41) is 2.80. The number of benzene rings is 1. The minimum atomic E-state index is -0.118. The third kappa shape index (κ3) is 2.59. The van der Waals surface area contributed by atoms with Crippen molar-refractivity contribution in [2.45, 2.75) is 19.9 Å². The van der Waals surface area contributed by atoms with E-state index in [1.165, 1.54) is 0 Å². The van der Waals surface area contributed by atoms with Crippen LogP contribution in [-0.4, -0.2) is 11.9 Å². The van der Waals surface area contributed by atoms with Crippen molar-refractivity contribution < 1.29 is 4.79 Å². The molecule has 0 spiro atoms. The monoisotopic (exact) mass is 204 g/mol. The van der Waals surface area contributed by atoms with Gasteiger partial charge in [-0.05, 0) is 31.5 Å². The normalized spacial score (nSPS) is 11.9. The van der Waals surface area contributed by atoms with Crippen LogP contribution in [0.5, 0.6) is 0 Å². The molecule has 0 saturated heterocycles. The highest BCUT2D eigenvalue weighted by atomic mass is 16.1. The summed E-state index contributed by atoms with van der Waals surface area (Å²) in [5.74, 6) is -0.118. The van der Waals surface area contributed by atoms with Gasteiger partial charge in [-0.25, -0.2) is 0 Å². The first-order valence-electron chi connectivity index (χ1n) is 4.84. The van der Waals surface area contributed by atoms with Crippen LogP contribution in [0.3, 0.4) is 0 Å². The quantitative estimate of drug-likeness (QED) is 0.583. The van der Waals surface area contributed by atoms with Gasteiger partial charge in [-0.15, -0.1) is 6.58 Å². The van der Waals surface area contributed by atoms with Crippen molar-refractivity contribution in [2.24, 2.45) is 0 Å². The van der Waals surface area contributed by atoms with E-state index in [4.69, 9.17) is 5.73 Å². The molecule has 15 heavy (non-hydrogen) atoms. The zero-order chi connectivity index (χ0) is 11.4. The summed E-state index contributed by atoms with van der Waals surface area (Å²) < 4.78 is 0. The van der Waals surface area contributed by atoms with Gasteiger partial charge in [0.2, 0.25) is 0 Å². The van der Waals surface area contributed by atoms with Gasteiger partial charge in [0.25, 0.3) is 5.91 Å². The van der Waals surface area contributed by atoms with Crippen molar-refractivity contribution in [3.05, 3.63) is 42.0 Å². The third-order valence-corrected chi connectivity index (χ3v) is 2.33. The van der Waals surface area contributed by atoms with Crippen LogP contribution < -0.4 is 11.1 Å². The van der Waals surface area contributed by atoms with E-state index in [1.54, 1.807) is 24.3 Å². The van der Waals surface area contributed by atoms with E-state index in [9.17, 15) is 4.79 Å². The fourth-order valence-corrected chi connectivity index (χ4v) is 1.24. The van der Waals surface area contributed by atoms with Gasteiger partial charge in [0.1, 0.15) is 0 Å². The maximum absolute atomic E-state index is 11.8. The molecule has 0 radical (unpaired) electrons. The molecular formula is C12H16N2O. The molecule has 1 rings (SSSR count). The van der Waals surface area contributed by atoms with Crippen LogP contribution >= 0.6 is 0 Å². The maximum atomic E-state index is 11.8. The lowest BCUT2D eigenvalue weighted by molar-refractivity contribution is 0.0946. The van der Waals surface area contributed by atoms with Crippen molar-refractivity contribution >= 4 is 11.6 Å². The van der Waals surface area contributed by atoms with E-state index in [1.807, 2.05) is 13.8 Å². The molecule has 1 aromatic carbocycles. The average Bonchev–Trinajstić information content (AvgIpc) is 2.21. The van der Waals surface area contributed by atoms with Crippen molar-refractivity contribution in [3.8, 4) is 0 Å². The number of nitrogens with one attached hydrogen (secondary N) is 1. The standard InChI is InChI=1S/C12H16N2O/c1-4-8(2)14-12(15)10-6-5-7-11(13)9(10)3/h4-8H,1,13H2,2-3H3,(H,14,15). The first-order valence-corrected chi connectivity index (χ1v) is 4.84. The number of nitrogen functional groups attached to an aromatic ring is 1. The molecule has 0 aliphatic heterocycles. The second-order valence-electron chi connectivity index (χ2n) is 3.52. The highest BCUT2D eigenvalue weighted by molar-refractivity contribution is 5.97. The summed E-state index contributed by atoms with van der Waals surface area (Å²) >= 11 is 0. The van der Waals surface area contributed by atoms with Gasteiger partial charge in [-0.2, -0.15) is 0 Å². The Kier molecular flexibility index (Phi) is 3.50. The molecule has 0 heterocycles. The number of nitrogens with two attached hydrogens (primary N) is 1. The molecule has 0 aromatic heterocycles. The average molecular weight is 204 g/mol. The number of hydrogen-bond donors (Lipinski definition) is 2. The Bertz CT molecular complexity index is 385. The predicted octanol–water partition coefficient (Wildman–Crippen LogP) is 1.88. The van der Waals surface area contributed by atoms with Crippen LogP contribution in [0.2, 0.25) is 0 Å². The van der Waals surface area contributed by atoms with E-state index in [2.05, 4.69) is 11.9 Å². The van der Waals surface area contributed by atoms with E-state index >= 15 is 0 Å². The molecule has 80 valence electrons. The molecular weight excluding hydrogens is 188 g/mol. The third-order valence-electron chi connectivity index (χ3n) is 2.33. The second-order valence-corrected chi connectivity index (χ2v) is 3.52. The van der Waals surface area contributed by atoms with Crippen LogP contribution in [-0.2, 0) is 0 Å². The topological polar surface area (TPSA) is 55.1 Å². The number of hydrogen-bond acceptors (Lipinski definition) is 2. The lowest BCUT2D eigenvalue weighted by Gasteiger charge is -2.11. The number of carbonyl (C=O) groups is 1. The van der Waals surface area contributed by atoms with Crippen molar-refractivity contribution in [2.75, 3.05) is 5.73 Å². The summed E-state index contributed by atoms with van der Waals surface area (Å²) in [6.07, 6.45) is 1.68. The van der Waals surface area contributed by atoms with E-state index < -0.39 is 0 Å². The van der Waals surface area contributed by atoms with E-state index in [-0.39, 0.29) is 11.9 Å². The van der Waals surface area contributed by atoms with Crippen molar-refractivity contribution in [3.63, 3.8) is 0 Å². The fraction of sp³-hybridized carbons (Fsp3) is 0.250. The molecule has 3 nitrogen and oxygen atoms in total. The van der Waals surface area contributed by atoms with Crippen LogP contribution in [0, 0.1) is 6.92 Å². The lowest BCUT2D eigenvalue weighted by Crippen LogP contribution is -2.31. The molecule has 1 aromatic rings. The molecule has 0 aliphatic carbocycles. The largest absolute Gasteiger partial charge is 0.398 e. The van der Waals surface area contributed by atoms with Crippen LogP contribution in [0.4, 0.5) is 5.69 Å². The van der Waals surface area contributed by atoms with Gasteiger partial charge in [0.15, 0.2) is 0 Å². The first kappa shape index (κ1) is 11.3. The Labute approximate surface area is 90.0 Å². The zero-order valence-electron chi connectivity index (χ0n) is 9.08. The summed E-state index contributed by atoms with van der Waals surface area (Å²) in [5.41, 5.74) is 7.78. The molecule has 3 N–H and O–H groups in total. The van der Waals surface area contributed by atoms with Crippen LogP contribution in [0.25, 0.3) is 0 Å². The van der Waals surface area contributed by atoms with Gasteiger partial charge in [-0.1, -0.05) is 12.1 Å². The van der Waals surface area contributed by atoms with Crippen molar-refractivity contribution in [1.82, 2.24) is 5.32 Å². The zero-order valence-corrected chi connectivity index (χ0v) is 9.08. The summed E-state index contributed by atoms with van der Waals surface area (Å²) in [7, 11) is 0. The Hall–Kier alpha value is -1.77. The van der Waals surface area contributed by atoms with Gasteiger partial charge in [0, 0.05) is 17.3 Å². The maximum Gasteiger partial charge on any atom is 0.252 e. The Morgan fingerprint density at radius 3 is 2.87 bits per heavy atom. The van der Waals surface area contributed by atoms with Crippen molar-refractivity contribution in [1.29, 1.82) is 0 Å². The summed E-state index contributed by atoms with van der Waals surface area (Å²) in [6, 6.07) is 5.27. The van der Waals surface area contributed by atoms with E-state index in [0.29, 0.717) is 11.3 Å². The molecule has 1 atom stereocenters. The lowest BCUT2D eigenvalue weighted by atomic mass is 10.1. The van der Waals surface area contributed by atoms with Gasteiger partial charge in [0.05, 0.1) is 0 Å². The summed E-state index contributed by atoms with van der Waals surface area (Å²) in [4.78, 5) is 11.8. The number of rotatable bonds is 3. The van der Waals surface area contributed by atoms with Gasteiger partial charge >= 0.3 is 0 Å². The minimum Gasteiger partial charge on any atom is -0.398 e. The molecule has 1 amide bonds. The Morgan fingerprint density at radius 2 is 2.27 bits per heavy atom. The molecule has 0 fully saturated rings. The van der Waals surface area contributed by atoms with E-state index in [0.717, 1.165) is 5.56 Å². The smallest absolute Gasteiger partial charge is 0.252 e. The molecule has 0 bridgehead atoms. The fourth-order valence-electron chi connectivity index (χ4n) is 1.24. The molecule has 0 saturated carbocycles. The highest BCUT2D eigenvalue weighted by Crippen LogP contribution is 2.15. The van der Waals surface area contributed by atoms with Crippen LogP contribution in [0.15, 0.2) is 30.9 Å². The predicted molar refractivity (Wildman–Crippen MR) is 62.7 cm³/mol. The first-order chi connectivity index (χ1) is 7.06. The van der Waals surface area contributed by atoms with Gasteiger partial charge in [-0.3, -0.25) is 4.79 Å². The summed E-state index contributed by atoms with van der Waals surface area (Å²) in [6.45, 7) is 7.31.